The predicted molar refractivity (Wildman–Crippen MR) is 112 cm³/mol. The minimum absolute atomic E-state index is 0.00774. The van der Waals surface area contributed by atoms with Crippen molar-refractivity contribution >= 4 is 17.8 Å². The number of nitrogens with zero attached hydrogens (tertiary/aromatic N) is 2. The van der Waals surface area contributed by atoms with E-state index in [0.717, 1.165) is 16.7 Å². The van der Waals surface area contributed by atoms with Gasteiger partial charge >= 0.3 is 6.03 Å². The van der Waals surface area contributed by atoms with E-state index < -0.39 is 5.54 Å². The average Bonchev–Trinajstić information content (AvgIpc) is 3.24. The molecule has 2 aromatic carbocycles. The predicted octanol–water partition coefficient (Wildman–Crippen LogP) is 2.69. The molecule has 0 aromatic heterocycles. The van der Waals surface area contributed by atoms with Crippen LogP contribution in [0, 0.1) is 6.92 Å². The Hall–Kier alpha value is -3.15. The molecule has 154 valence electrons. The van der Waals surface area contributed by atoms with Crippen molar-refractivity contribution < 1.29 is 14.4 Å². The molecular weight excluding hydrogens is 378 g/mol. The Morgan fingerprint density at radius 3 is 2.17 bits per heavy atom. The molecule has 4 amide bonds. The summed E-state index contributed by atoms with van der Waals surface area (Å²) in [5.74, 6) is -0.111. The van der Waals surface area contributed by atoms with Gasteiger partial charge in [-0.1, -0.05) is 42.0 Å². The lowest BCUT2D eigenvalue weighted by molar-refractivity contribution is -0.133. The Labute approximate surface area is 175 Å². The summed E-state index contributed by atoms with van der Waals surface area (Å²) in [6.07, 6.45) is 2.32. The lowest BCUT2D eigenvalue weighted by Gasteiger charge is -2.35. The van der Waals surface area contributed by atoms with Crippen LogP contribution in [0.4, 0.5) is 4.79 Å². The van der Waals surface area contributed by atoms with Gasteiger partial charge < -0.3 is 10.2 Å². The second-order valence-corrected chi connectivity index (χ2v) is 8.70. The molecule has 2 aliphatic heterocycles. The van der Waals surface area contributed by atoms with Crippen LogP contribution in [0.2, 0.25) is 0 Å². The number of carbonyl (C=O) groups excluding carboxylic acids is 3. The van der Waals surface area contributed by atoms with Crippen LogP contribution in [0.3, 0.4) is 0 Å². The number of hydrogen-bond acceptors (Lipinski definition) is 3. The Kier molecular flexibility index (Phi) is 4.38. The fraction of sp³-hybridized carbons (Fsp3) is 0.375. The maximum atomic E-state index is 13.3. The SMILES string of the molecule is Cc1ccc(C(=O)N2CCC(N3C(=O)NC4(Cc5ccccc5C4)C3=O)CC2)cc1. The number of benzene rings is 2. The standard InChI is InChI=1S/C24H25N3O3/c1-16-6-8-17(9-7-16)21(28)26-12-10-20(11-13-26)27-22(29)24(25-23(27)30)14-18-4-2-3-5-19(18)15-24/h2-9,20H,10-15H2,1H3,(H,25,30). The number of aryl methyl sites for hydroxylation is 1. The van der Waals surface area contributed by atoms with E-state index in [1.807, 2.05) is 60.4 Å². The van der Waals surface area contributed by atoms with Gasteiger partial charge in [-0.05, 0) is 43.0 Å². The second kappa shape index (κ2) is 6.97. The highest BCUT2D eigenvalue weighted by Gasteiger charge is 2.55. The van der Waals surface area contributed by atoms with Crippen molar-refractivity contribution in [1.29, 1.82) is 0 Å². The number of hydrogen-bond donors (Lipinski definition) is 1. The van der Waals surface area contributed by atoms with Crippen LogP contribution in [0.15, 0.2) is 48.5 Å². The zero-order chi connectivity index (χ0) is 20.9. The van der Waals surface area contributed by atoms with Gasteiger partial charge in [0.05, 0.1) is 0 Å². The van der Waals surface area contributed by atoms with Crippen LogP contribution in [0.25, 0.3) is 0 Å². The van der Waals surface area contributed by atoms with Gasteiger partial charge in [-0.2, -0.15) is 0 Å². The highest BCUT2D eigenvalue weighted by atomic mass is 16.2. The van der Waals surface area contributed by atoms with Gasteiger partial charge in [0, 0.05) is 37.5 Å². The van der Waals surface area contributed by atoms with Crippen molar-refractivity contribution in [2.24, 2.45) is 0 Å². The molecule has 6 nitrogen and oxygen atoms in total. The third-order valence-corrected chi connectivity index (χ3v) is 6.71. The van der Waals surface area contributed by atoms with Gasteiger partial charge in [0.15, 0.2) is 0 Å². The third kappa shape index (κ3) is 2.98. The molecule has 2 fully saturated rings. The van der Waals surface area contributed by atoms with E-state index in [1.165, 1.54) is 4.90 Å². The van der Waals surface area contributed by atoms with Crippen molar-refractivity contribution in [3.63, 3.8) is 0 Å². The molecule has 1 aliphatic carbocycles. The van der Waals surface area contributed by atoms with Gasteiger partial charge in [0.25, 0.3) is 11.8 Å². The van der Waals surface area contributed by atoms with E-state index in [4.69, 9.17) is 0 Å². The quantitative estimate of drug-likeness (QED) is 0.784. The molecular formula is C24H25N3O3. The Balaban J connectivity index is 1.26. The van der Waals surface area contributed by atoms with E-state index in [9.17, 15) is 14.4 Å². The van der Waals surface area contributed by atoms with Crippen molar-refractivity contribution in [2.45, 2.75) is 44.2 Å². The van der Waals surface area contributed by atoms with Crippen molar-refractivity contribution in [1.82, 2.24) is 15.1 Å². The smallest absolute Gasteiger partial charge is 0.325 e. The first-order valence-electron chi connectivity index (χ1n) is 10.6. The summed E-state index contributed by atoms with van der Waals surface area (Å²) in [5, 5.41) is 3.00. The molecule has 0 radical (unpaired) electrons. The number of urea groups is 1. The first kappa shape index (κ1) is 18.9. The zero-order valence-corrected chi connectivity index (χ0v) is 17.1. The van der Waals surface area contributed by atoms with Crippen LogP contribution in [-0.4, -0.2) is 52.3 Å². The molecule has 0 atom stereocenters. The molecule has 0 unspecified atom stereocenters. The molecule has 1 N–H and O–H groups in total. The number of fused-ring (bicyclic) bond motifs is 1. The number of carbonyl (C=O) groups is 3. The summed E-state index contributed by atoms with van der Waals surface area (Å²) in [6.45, 7) is 3.08. The molecule has 1 spiro atoms. The van der Waals surface area contributed by atoms with Crippen LogP contribution in [0.1, 0.15) is 39.9 Å². The lowest BCUT2D eigenvalue weighted by atomic mass is 9.94. The summed E-state index contributed by atoms with van der Waals surface area (Å²) in [4.78, 5) is 42.1. The first-order chi connectivity index (χ1) is 14.5. The molecule has 0 saturated carbocycles. The lowest BCUT2D eigenvalue weighted by Crippen LogP contribution is -2.51. The summed E-state index contributed by atoms with van der Waals surface area (Å²) < 4.78 is 0. The van der Waals surface area contributed by atoms with E-state index in [1.54, 1.807) is 0 Å². The number of likely N-dealkylation sites (tertiary alicyclic amines) is 1. The Morgan fingerprint density at radius 2 is 1.57 bits per heavy atom. The molecule has 2 aromatic rings. The second-order valence-electron chi connectivity index (χ2n) is 8.70. The number of imide groups is 1. The summed E-state index contributed by atoms with van der Waals surface area (Å²) >= 11 is 0. The molecule has 3 aliphatic rings. The average molecular weight is 403 g/mol. The molecule has 30 heavy (non-hydrogen) atoms. The van der Waals surface area contributed by atoms with E-state index >= 15 is 0 Å². The van der Waals surface area contributed by atoms with Crippen LogP contribution in [0.5, 0.6) is 0 Å². The minimum Gasteiger partial charge on any atom is -0.338 e. The zero-order valence-electron chi connectivity index (χ0n) is 17.1. The summed E-state index contributed by atoms with van der Waals surface area (Å²) in [5.41, 5.74) is 3.22. The Bertz CT molecular complexity index is 997. The Morgan fingerprint density at radius 1 is 0.967 bits per heavy atom. The van der Waals surface area contributed by atoms with E-state index in [0.29, 0.717) is 44.3 Å². The van der Waals surface area contributed by atoms with Crippen molar-refractivity contribution in [2.75, 3.05) is 13.1 Å². The monoisotopic (exact) mass is 403 g/mol. The van der Waals surface area contributed by atoms with Crippen molar-refractivity contribution in [3.05, 3.63) is 70.8 Å². The molecule has 0 bridgehead atoms. The normalized spacial score (nSPS) is 20.6. The molecule has 2 saturated heterocycles. The third-order valence-electron chi connectivity index (χ3n) is 6.71. The van der Waals surface area contributed by atoms with Crippen LogP contribution in [-0.2, 0) is 17.6 Å². The van der Waals surface area contributed by atoms with E-state index in [-0.39, 0.29) is 23.9 Å². The molecule has 5 rings (SSSR count). The number of nitrogens with one attached hydrogen (secondary N) is 1. The maximum absolute atomic E-state index is 13.3. The van der Waals surface area contributed by atoms with Gasteiger partial charge in [-0.15, -0.1) is 0 Å². The van der Waals surface area contributed by atoms with E-state index in [2.05, 4.69) is 5.32 Å². The highest BCUT2D eigenvalue weighted by Crippen LogP contribution is 2.36. The maximum Gasteiger partial charge on any atom is 0.325 e. The van der Waals surface area contributed by atoms with Crippen LogP contribution >= 0.6 is 0 Å². The van der Waals surface area contributed by atoms with Crippen LogP contribution < -0.4 is 5.32 Å². The van der Waals surface area contributed by atoms with Gasteiger partial charge in [0.2, 0.25) is 0 Å². The largest absolute Gasteiger partial charge is 0.338 e. The first-order valence-corrected chi connectivity index (χ1v) is 10.6. The summed E-state index contributed by atoms with van der Waals surface area (Å²) in [6, 6.07) is 15.1. The number of rotatable bonds is 2. The fourth-order valence-electron chi connectivity index (χ4n) is 5.03. The topological polar surface area (TPSA) is 69.7 Å². The number of piperidine rings is 1. The van der Waals surface area contributed by atoms with Gasteiger partial charge in [0.1, 0.15) is 5.54 Å². The summed E-state index contributed by atoms with van der Waals surface area (Å²) in [7, 11) is 0. The van der Waals surface area contributed by atoms with Gasteiger partial charge in [-0.25, -0.2) is 4.79 Å². The highest BCUT2D eigenvalue weighted by molar-refractivity contribution is 6.08. The molecule has 6 heteroatoms. The van der Waals surface area contributed by atoms with Crippen molar-refractivity contribution in [3.8, 4) is 0 Å². The molecule has 2 heterocycles. The minimum atomic E-state index is -0.838. The van der Waals surface area contributed by atoms with Gasteiger partial charge in [-0.3, -0.25) is 14.5 Å². The fourth-order valence-corrected chi connectivity index (χ4v) is 5.03. The number of amides is 4.